The van der Waals surface area contributed by atoms with Gasteiger partial charge in [0.25, 0.3) is 0 Å². The predicted octanol–water partition coefficient (Wildman–Crippen LogP) is 5.66. The molecule has 2 nitrogen and oxygen atoms in total. The second kappa shape index (κ2) is 6.08. The minimum absolute atomic E-state index is 0.00769. The van der Waals surface area contributed by atoms with Gasteiger partial charge in [0, 0.05) is 16.3 Å². The summed E-state index contributed by atoms with van der Waals surface area (Å²) in [7, 11) is 0. The normalized spacial score (nSPS) is 12.2. The number of hydrogen-bond donors (Lipinski definition) is 2. The maximum absolute atomic E-state index is 13.5. The molecule has 0 radical (unpaired) electrons. The SMILES string of the molecule is CC(Nc1ccc(O)c(Cl)c1)c1c(Cl)ccc(F)c1Cl. The van der Waals surface area contributed by atoms with Crippen molar-refractivity contribution >= 4 is 40.5 Å². The molecule has 0 fully saturated rings. The summed E-state index contributed by atoms with van der Waals surface area (Å²) in [6.07, 6.45) is 0. The van der Waals surface area contributed by atoms with Crippen LogP contribution in [0.4, 0.5) is 10.1 Å². The molecule has 1 unspecified atom stereocenters. The third-order valence-electron chi connectivity index (χ3n) is 2.84. The van der Waals surface area contributed by atoms with Gasteiger partial charge >= 0.3 is 0 Å². The first-order valence-electron chi connectivity index (χ1n) is 5.78. The number of phenolic OH excluding ortho intramolecular Hbond substituents is 1. The standard InChI is InChI=1S/C14H11Cl3FNO/c1-7(13-9(15)3-4-11(18)14(13)17)19-8-2-5-12(20)10(16)6-8/h2-7,19-20H,1H3. The first kappa shape index (κ1) is 15.2. The van der Waals surface area contributed by atoms with Crippen molar-refractivity contribution in [3.05, 3.63) is 56.8 Å². The van der Waals surface area contributed by atoms with Crippen LogP contribution < -0.4 is 5.32 Å². The van der Waals surface area contributed by atoms with Crippen molar-refractivity contribution < 1.29 is 9.50 Å². The van der Waals surface area contributed by atoms with Gasteiger partial charge in [-0.1, -0.05) is 34.8 Å². The fraction of sp³-hybridized carbons (Fsp3) is 0.143. The van der Waals surface area contributed by atoms with Gasteiger partial charge < -0.3 is 10.4 Å². The Bertz CT molecular complexity index is 649. The van der Waals surface area contributed by atoms with Crippen LogP contribution in [0, 0.1) is 5.82 Å². The van der Waals surface area contributed by atoms with Crippen molar-refractivity contribution in [1.29, 1.82) is 0 Å². The third-order valence-corrected chi connectivity index (χ3v) is 3.86. The van der Waals surface area contributed by atoms with E-state index >= 15 is 0 Å². The molecule has 0 saturated carbocycles. The first-order chi connectivity index (χ1) is 9.40. The van der Waals surface area contributed by atoms with Crippen molar-refractivity contribution in [1.82, 2.24) is 0 Å². The number of phenols is 1. The highest BCUT2D eigenvalue weighted by Gasteiger charge is 2.17. The number of halogens is 4. The highest BCUT2D eigenvalue weighted by Crippen LogP contribution is 2.35. The molecule has 0 aliphatic heterocycles. The summed E-state index contributed by atoms with van der Waals surface area (Å²) in [5.74, 6) is -0.532. The molecule has 0 aliphatic rings. The lowest BCUT2D eigenvalue weighted by Crippen LogP contribution is -2.08. The van der Waals surface area contributed by atoms with E-state index in [4.69, 9.17) is 34.8 Å². The van der Waals surface area contributed by atoms with Crippen LogP contribution in [0.2, 0.25) is 15.1 Å². The maximum Gasteiger partial charge on any atom is 0.142 e. The Labute approximate surface area is 131 Å². The van der Waals surface area contributed by atoms with Gasteiger partial charge in [-0.3, -0.25) is 0 Å². The quantitative estimate of drug-likeness (QED) is 0.560. The lowest BCUT2D eigenvalue weighted by molar-refractivity contribution is 0.475. The smallest absolute Gasteiger partial charge is 0.142 e. The van der Waals surface area contributed by atoms with Crippen molar-refractivity contribution in [3.8, 4) is 5.75 Å². The fourth-order valence-electron chi connectivity index (χ4n) is 1.86. The molecule has 2 rings (SSSR count). The van der Waals surface area contributed by atoms with Gasteiger partial charge in [-0.2, -0.15) is 0 Å². The molecule has 2 N–H and O–H groups in total. The van der Waals surface area contributed by atoms with Gasteiger partial charge in [0.15, 0.2) is 0 Å². The van der Waals surface area contributed by atoms with E-state index in [1.165, 1.54) is 18.2 Å². The summed E-state index contributed by atoms with van der Waals surface area (Å²) in [5, 5.41) is 13.1. The molecular formula is C14H11Cl3FNO. The Kier molecular flexibility index (Phi) is 4.63. The van der Waals surface area contributed by atoms with E-state index in [9.17, 15) is 9.50 Å². The van der Waals surface area contributed by atoms with Crippen LogP contribution in [0.1, 0.15) is 18.5 Å². The van der Waals surface area contributed by atoms with Gasteiger partial charge in [-0.15, -0.1) is 0 Å². The van der Waals surface area contributed by atoms with Crippen LogP contribution >= 0.6 is 34.8 Å². The monoisotopic (exact) mass is 333 g/mol. The molecular weight excluding hydrogens is 324 g/mol. The van der Waals surface area contributed by atoms with Crippen LogP contribution in [-0.4, -0.2) is 5.11 Å². The lowest BCUT2D eigenvalue weighted by Gasteiger charge is -2.19. The van der Waals surface area contributed by atoms with Crippen molar-refractivity contribution in [3.63, 3.8) is 0 Å². The Hall–Kier alpha value is -1.16. The molecule has 0 bridgehead atoms. The molecule has 1 atom stereocenters. The Morgan fingerprint density at radius 2 is 1.80 bits per heavy atom. The second-order valence-corrected chi connectivity index (χ2v) is 5.48. The molecule has 0 aliphatic carbocycles. The molecule has 2 aromatic carbocycles. The van der Waals surface area contributed by atoms with Crippen molar-refractivity contribution in [2.45, 2.75) is 13.0 Å². The van der Waals surface area contributed by atoms with E-state index in [0.29, 0.717) is 16.3 Å². The number of nitrogens with one attached hydrogen (secondary N) is 1. The predicted molar refractivity (Wildman–Crippen MR) is 81.6 cm³/mol. The first-order valence-corrected chi connectivity index (χ1v) is 6.92. The average Bonchev–Trinajstić information content (AvgIpc) is 2.39. The molecule has 0 saturated heterocycles. The van der Waals surface area contributed by atoms with Gasteiger partial charge in [0.05, 0.1) is 16.1 Å². The van der Waals surface area contributed by atoms with E-state index in [2.05, 4.69) is 5.32 Å². The molecule has 0 heterocycles. The van der Waals surface area contributed by atoms with Gasteiger partial charge in [-0.05, 0) is 37.3 Å². The van der Waals surface area contributed by atoms with Gasteiger partial charge in [0.2, 0.25) is 0 Å². The average molecular weight is 335 g/mol. The third kappa shape index (κ3) is 3.11. The highest BCUT2D eigenvalue weighted by atomic mass is 35.5. The van der Waals surface area contributed by atoms with E-state index in [0.717, 1.165) is 0 Å². The van der Waals surface area contributed by atoms with E-state index < -0.39 is 5.82 Å². The van der Waals surface area contributed by atoms with E-state index in [1.54, 1.807) is 19.1 Å². The van der Waals surface area contributed by atoms with Gasteiger partial charge in [-0.25, -0.2) is 4.39 Å². The van der Waals surface area contributed by atoms with Crippen LogP contribution in [0.5, 0.6) is 5.75 Å². The Balaban J connectivity index is 2.30. The molecule has 20 heavy (non-hydrogen) atoms. The summed E-state index contributed by atoms with van der Waals surface area (Å²) in [6.45, 7) is 1.80. The van der Waals surface area contributed by atoms with Crippen molar-refractivity contribution in [2.24, 2.45) is 0 Å². The largest absolute Gasteiger partial charge is 0.506 e. The van der Waals surface area contributed by atoms with Crippen LogP contribution in [0.15, 0.2) is 30.3 Å². The summed E-state index contributed by atoms with van der Waals surface area (Å²) in [4.78, 5) is 0. The molecule has 106 valence electrons. The van der Waals surface area contributed by atoms with Crippen LogP contribution in [-0.2, 0) is 0 Å². The van der Waals surface area contributed by atoms with Gasteiger partial charge in [0.1, 0.15) is 11.6 Å². The zero-order valence-electron chi connectivity index (χ0n) is 10.4. The highest BCUT2D eigenvalue weighted by molar-refractivity contribution is 6.36. The Morgan fingerprint density at radius 3 is 2.45 bits per heavy atom. The fourth-order valence-corrected chi connectivity index (χ4v) is 2.74. The lowest BCUT2D eigenvalue weighted by atomic mass is 10.1. The van der Waals surface area contributed by atoms with Crippen LogP contribution in [0.25, 0.3) is 0 Å². The summed E-state index contributed by atoms with van der Waals surface area (Å²) in [6, 6.07) is 7.03. The molecule has 0 amide bonds. The zero-order valence-corrected chi connectivity index (χ0v) is 12.7. The van der Waals surface area contributed by atoms with E-state index in [1.807, 2.05) is 0 Å². The minimum atomic E-state index is -0.525. The van der Waals surface area contributed by atoms with E-state index in [-0.39, 0.29) is 21.8 Å². The number of benzene rings is 2. The molecule has 0 aromatic heterocycles. The number of anilines is 1. The molecule has 2 aromatic rings. The molecule has 0 spiro atoms. The summed E-state index contributed by atoms with van der Waals surface area (Å²) < 4.78 is 13.5. The number of rotatable bonds is 3. The summed E-state index contributed by atoms with van der Waals surface area (Å²) in [5.41, 5.74) is 1.13. The zero-order chi connectivity index (χ0) is 14.9. The second-order valence-electron chi connectivity index (χ2n) is 4.29. The maximum atomic E-state index is 13.5. The summed E-state index contributed by atoms with van der Waals surface area (Å²) >= 11 is 17.8. The Morgan fingerprint density at radius 1 is 1.10 bits per heavy atom. The minimum Gasteiger partial charge on any atom is -0.506 e. The number of aromatic hydroxyl groups is 1. The topological polar surface area (TPSA) is 32.3 Å². The van der Waals surface area contributed by atoms with Crippen molar-refractivity contribution in [2.75, 3.05) is 5.32 Å². The number of hydrogen-bond acceptors (Lipinski definition) is 2. The van der Waals surface area contributed by atoms with Crippen LogP contribution in [0.3, 0.4) is 0 Å². The molecule has 6 heteroatoms.